The molecule has 90 valence electrons. The molecule has 2 rings (SSSR count). The van der Waals surface area contributed by atoms with Crippen molar-refractivity contribution in [3.8, 4) is 0 Å². The molecular weight excluding hydrogens is 220 g/mol. The molecule has 0 spiro atoms. The number of hydrogen-bond acceptors (Lipinski definition) is 4. The quantitative estimate of drug-likeness (QED) is 0.721. The first-order chi connectivity index (χ1) is 8.34. The van der Waals surface area contributed by atoms with Gasteiger partial charge in [-0.15, -0.1) is 5.10 Å². The molecule has 2 N–H and O–H groups in total. The van der Waals surface area contributed by atoms with Crippen molar-refractivity contribution in [1.82, 2.24) is 30.3 Å². The van der Waals surface area contributed by atoms with Crippen LogP contribution in [-0.4, -0.2) is 37.4 Å². The minimum absolute atomic E-state index is 0.00653. The summed E-state index contributed by atoms with van der Waals surface area (Å²) in [6, 6.07) is 0. The number of aromatic amines is 1. The van der Waals surface area contributed by atoms with E-state index < -0.39 is 0 Å². The fourth-order valence-electron chi connectivity index (χ4n) is 1.41. The van der Waals surface area contributed by atoms with Gasteiger partial charge in [0.2, 0.25) is 5.91 Å². The van der Waals surface area contributed by atoms with Crippen LogP contribution in [0.5, 0.6) is 0 Å². The van der Waals surface area contributed by atoms with Crippen molar-refractivity contribution in [2.75, 3.05) is 6.54 Å². The SMILES string of the molecule is O=C(CCn1ccnn1)NCCc1ncc[nH]1. The Kier molecular flexibility index (Phi) is 3.85. The molecule has 2 aromatic heterocycles. The Morgan fingerprint density at radius 1 is 1.47 bits per heavy atom. The third kappa shape index (κ3) is 3.71. The third-order valence-electron chi connectivity index (χ3n) is 2.28. The normalized spacial score (nSPS) is 10.4. The van der Waals surface area contributed by atoms with E-state index in [-0.39, 0.29) is 5.91 Å². The molecule has 0 saturated heterocycles. The topological polar surface area (TPSA) is 88.5 Å². The Bertz CT molecular complexity index is 435. The number of imidazole rings is 1. The molecule has 0 aliphatic carbocycles. The maximum Gasteiger partial charge on any atom is 0.221 e. The van der Waals surface area contributed by atoms with Crippen LogP contribution in [0.25, 0.3) is 0 Å². The number of carbonyl (C=O) groups is 1. The zero-order valence-corrected chi connectivity index (χ0v) is 9.33. The fraction of sp³-hybridized carbons (Fsp3) is 0.400. The summed E-state index contributed by atoms with van der Waals surface area (Å²) in [6.07, 6.45) is 7.90. The number of hydrogen-bond donors (Lipinski definition) is 2. The lowest BCUT2D eigenvalue weighted by Crippen LogP contribution is -2.26. The average Bonchev–Trinajstić information content (AvgIpc) is 2.99. The van der Waals surface area contributed by atoms with Gasteiger partial charge in [0.05, 0.1) is 12.7 Å². The van der Waals surface area contributed by atoms with Gasteiger partial charge in [-0.2, -0.15) is 0 Å². The number of rotatable bonds is 6. The Labute approximate surface area is 98.2 Å². The molecular formula is C10H14N6O. The average molecular weight is 234 g/mol. The van der Waals surface area contributed by atoms with Gasteiger partial charge < -0.3 is 10.3 Å². The highest BCUT2D eigenvalue weighted by molar-refractivity contribution is 5.75. The number of H-pyrrole nitrogens is 1. The molecule has 0 aliphatic rings. The number of carbonyl (C=O) groups excluding carboxylic acids is 1. The minimum Gasteiger partial charge on any atom is -0.356 e. The molecule has 0 aromatic carbocycles. The maximum absolute atomic E-state index is 11.5. The van der Waals surface area contributed by atoms with Gasteiger partial charge in [-0.1, -0.05) is 5.21 Å². The standard InChI is InChI=1S/C10H14N6O/c17-10(2-7-16-8-6-14-15-16)13-3-1-9-11-4-5-12-9/h4-6,8H,1-3,7H2,(H,11,12)(H,13,17). The fourth-order valence-corrected chi connectivity index (χ4v) is 1.41. The van der Waals surface area contributed by atoms with Crippen LogP contribution >= 0.6 is 0 Å². The lowest BCUT2D eigenvalue weighted by molar-refractivity contribution is -0.121. The number of nitrogens with one attached hydrogen (secondary N) is 2. The second-order valence-electron chi connectivity index (χ2n) is 3.55. The smallest absolute Gasteiger partial charge is 0.221 e. The lowest BCUT2D eigenvalue weighted by atomic mass is 10.3. The summed E-state index contributed by atoms with van der Waals surface area (Å²) in [5, 5.41) is 10.3. The molecule has 2 aromatic rings. The second kappa shape index (κ2) is 5.78. The van der Waals surface area contributed by atoms with E-state index in [2.05, 4.69) is 25.6 Å². The number of nitrogens with zero attached hydrogens (tertiary/aromatic N) is 4. The lowest BCUT2D eigenvalue weighted by Gasteiger charge is -2.03. The van der Waals surface area contributed by atoms with Crippen molar-refractivity contribution in [3.63, 3.8) is 0 Å². The van der Waals surface area contributed by atoms with E-state index in [9.17, 15) is 4.79 Å². The molecule has 0 aliphatic heterocycles. The van der Waals surface area contributed by atoms with Crippen LogP contribution in [0.3, 0.4) is 0 Å². The summed E-state index contributed by atoms with van der Waals surface area (Å²) in [4.78, 5) is 18.5. The first-order valence-electron chi connectivity index (χ1n) is 5.43. The zero-order chi connectivity index (χ0) is 11.9. The van der Waals surface area contributed by atoms with Crippen LogP contribution in [0, 0.1) is 0 Å². The van der Waals surface area contributed by atoms with E-state index in [0.29, 0.717) is 25.9 Å². The van der Waals surface area contributed by atoms with Gasteiger partial charge in [0.1, 0.15) is 5.82 Å². The Morgan fingerprint density at radius 3 is 3.12 bits per heavy atom. The first-order valence-corrected chi connectivity index (χ1v) is 5.43. The van der Waals surface area contributed by atoms with Gasteiger partial charge in [-0.05, 0) is 0 Å². The molecule has 2 heterocycles. The Hall–Kier alpha value is -2.18. The van der Waals surface area contributed by atoms with Gasteiger partial charge in [0.15, 0.2) is 0 Å². The van der Waals surface area contributed by atoms with Crippen molar-refractivity contribution >= 4 is 5.91 Å². The highest BCUT2D eigenvalue weighted by Crippen LogP contribution is 1.90. The van der Waals surface area contributed by atoms with Crippen LogP contribution in [0.1, 0.15) is 12.2 Å². The van der Waals surface area contributed by atoms with Crippen LogP contribution in [0.4, 0.5) is 0 Å². The third-order valence-corrected chi connectivity index (χ3v) is 2.28. The summed E-state index contributed by atoms with van der Waals surface area (Å²) in [5.41, 5.74) is 0. The molecule has 17 heavy (non-hydrogen) atoms. The van der Waals surface area contributed by atoms with E-state index in [1.165, 1.54) is 0 Å². The van der Waals surface area contributed by atoms with Gasteiger partial charge in [0.25, 0.3) is 0 Å². The summed E-state index contributed by atoms with van der Waals surface area (Å²) < 4.78 is 1.63. The number of aryl methyl sites for hydroxylation is 1. The van der Waals surface area contributed by atoms with E-state index >= 15 is 0 Å². The molecule has 0 fully saturated rings. The molecule has 0 atom stereocenters. The van der Waals surface area contributed by atoms with Gasteiger partial charge in [0, 0.05) is 38.0 Å². The highest BCUT2D eigenvalue weighted by Gasteiger charge is 2.02. The van der Waals surface area contributed by atoms with Crippen LogP contribution < -0.4 is 5.32 Å². The van der Waals surface area contributed by atoms with Crippen molar-refractivity contribution < 1.29 is 4.79 Å². The molecule has 7 nitrogen and oxygen atoms in total. The predicted molar refractivity (Wildman–Crippen MR) is 59.9 cm³/mol. The molecule has 1 amide bonds. The predicted octanol–water partition coefficient (Wildman–Crippen LogP) is -0.250. The van der Waals surface area contributed by atoms with Crippen LogP contribution in [0.15, 0.2) is 24.8 Å². The minimum atomic E-state index is 0.00653. The Morgan fingerprint density at radius 2 is 2.41 bits per heavy atom. The van der Waals surface area contributed by atoms with E-state index in [0.717, 1.165) is 5.82 Å². The van der Waals surface area contributed by atoms with Gasteiger partial charge in [-0.3, -0.25) is 9.48 Å². The van der Waals surface area contributed by atoms with Crippen LogP contribution in [-0.2, 0) is 17.8 Å². The van der Waals surface area contributed by atoms with Crippen molar-refractivity contribution in [3.05, 3.63) is 30.6 Å². The summed E-state index contributed by atoms with van der Waals surface area (Å²) in [5.74, 6) is 0.883. The zero-order valence-electron chi connectivity index (χ0n) is 9.33. The number of amides is 1. The van der Waals surface area contributed by atoms with Crippen molar-refractivity contribution in [2.24, 2.45) is 0 Å². The molecule has 0 saturated carbocycles. The van der Waals surface area contributed by atoms with Crippen molar-refractivity contribution in [2.45, 2.75) is 19.4 Å². The summed E-state index contributed by atoms with van der Waals surface area (Å²) in [7, 11) is 0. The molecule has 0 bridgehead atoms. The van der Waals surface area contributed by atoms with Gasteiger partial charge >= 0.3 is 0 Å². The second-order valence-corrected chi connectivity index (χ2v) is 3.55. The molecule has 0 radical (unpaired) electrons. The maximum atomic E-state index is 11.5. The monoisotopic (exact) mass is 234 g/mol. The summed E-state index contributed by atoms with van der Waals surface area (Å²) in [6.45, 7) is 1.14. The molecule has 7 heteroatoms. The van der Waals surface area contributed by atoms with Crippen molar-refractivity contribution in [1.29, 1.82) is 0 Å². The van der Waals surface area contributed by atoms with E-state index in [4.69, 9.17) is 0 Å². The van der Waals surface area contributed by atoms with Gasteiger partial charge in [-0.25, -0.2) is 4.98 Å². The Balaban J connectivity index is 1.61. The van der Waals surface area contributed by atoms with E-state index in [1.807, 2.05) is 0 Å². The van der Waals surface area contributed by atoms with Crippen LogP contribution in [0.2, 0.25) is 0 Å². The molecule has 0 unspecified atom stereocenters. The first kappa shape index (κ1) is 11.3. The summed E-state index contributed by atoms with van der Waals surface area (Å²) >= 11 is 0. The number of aromatic nitrogens is 5. The highest BCUT2D eigenvalue weighted by atomic mass is 16.1. The largest absolute Gasteiger partial charge is 0.356 e. The van der Waals surface area contributed by atoms with E-state index in [1.54, 1.807) is 29.5 Å².